The molecule has 9 heteroatoms. The summed E-state index contributed by atoms with van der Waals surface area (Å²) in [5.41, 5.74) is -3.11. The van der Waals surface area contributed by atoms with E-state index in [0.29, 0.717) is 12.1 Å². The summed E-state index contributed by atoms with van der Waals surface area (Å²) in [5, 5.41) is 18.7. The highest BCUT2D eigenvalue weighted by atomic mass is 19.4. The fraction of sp³-hybridized carbons (Fsp3) is 0.467. The number of piperidine rings is 1. The van der Waals surface area contributed by atoms with Gasteiger partial charge in [0.1, 0.15) is 0 Å². The second-order valence-corrected chi connectivity index (χ2v) is 5.64. The number of aliphatic carboxylic acids is 1. The lowest BCUT2D eigenvalue weighted by Crippen LogP contribution is -2.51. The molecule has 1 amide bonds. The first kappa shape index (κ1) is 18.2. The molecule has 2 rings (SSSR count). The van der Waals surface area contributed by atoms with Crippen LogP contribution in [-0.4, -0.2) is 45.7 Å². The third kappa shape index (κ3) is 3.66. The van der Waals surface area contributed by atoms with Crippen LogP contribution in [-0.2, 0) is 15.8 Å². The molecule has 0 spiro atoms. The van der Waals surface area contributed by atoms with Crippen molar-refractivity contribution in [1.82, 2.24) is 4.90 Å². The smallest absolute Gasteiger partial charge is 0.416 e. The Labute approximate surface area is 134 Å². The Balaban J connectivity index is 2.04. The largest absolute Gasteiger partial charge is 0.479 e. The van der Waals surface area contributed by atoms with E-state index in [2.05, 4.69) is 0 Å². The first-order chi connectivity index (χ1) is 11.0. The fourth-order valence-electron chi connectivity index (χ4n) is 2.45. The van der Waals surface area contributed by atoms with E-state index < -0.39 is 35.4 Å². The zero-order chi connectivity index (χ0) is 18.1. The summed E-state index contributed by atoms with van der Waals surface area (Å²) in [5.74, 6) is -2.38. The summed E-state index contributed by atoms with van der Waals surface area (Å²) in [4.78, 5) is 24.0. The van der Waals surface area contributed by atoms with Crippen LogP contribution in [0.4, 0.5) is 17.6 Å². The van der Waals surface area contributed by atoms with Gasteiger partial charge >= 0.3 is 12.1 Å². The molecule has 1 fully saturated rings. The maximum absolute atomic E-state index is 14.2. The molecular formula is C15H15F4NO4. The minimum absolute atomic E-state index is 0.150. The van der Waals surface area contributed by atoms with Crippen LogP contribution in [0.1, 0.15) is 30.1 Å². The maximum atomic E-state index is 14.2. The lowest BCUT2D eigenvalue weighted by molar-refractivity contribution is -0.166. The Morgan fingerprint density at radius 1 is 1.12 bits per heavy atom. The number of hydrogen-bond acceptors (Lipinski definition) is 3. The summed E-state index contributed by atoms with van der Waals surface area (Å²) in [6.45, 7) is -0.300. The van der Waals surface area contributed by atoms with Gasteiger partial charge in [-0.2, -0.15) is 13.2 Å². The van der Waals surface area contributed by atoms with Crippen molar-refractivity contribution in [3.05, 3.63) is 35.4 Å². The molecule has 0 bridgehead atoms. The van der Waals surface area contributed by atoms with Gasteiger partial charge in [-0.25, -0.2) is 9.18 Å². The maximum Gasteiger partial charge on any atom is 0.416 e. The van der Waals surface area contributed by atoms with Crippen LogP contribution < -0.4 is 0 Å². The van der Waals surface area contributed by atoms with Crippen molar-refractivity contribution < 1.29 is 37.4 Å². The van der Waals surface area contributed by atoms with E-state index in [-0.39, 0.29) is 31.5 Å². The summed E-state index contributed by atoms with van der Waals surface area (Å²) in [7, 11) is 0. The normalized spacial score (nSPS) is 19.0. The Morgan fingerprint density at radius 2 is 1.62 bits per heavy atom. The predicted molar refractivity (Wildman–Crippen MR) is 73.7 cm³/mol. The number of halogens is 4. The van der Waals surface area contributed by atoms with Crippen LogP contribution in [0.15, 0.2) is 24.3 Å². The lowest BCUT2D eigenvalue weighted by atomic mass is 9.91. The molecular weight excluding hydrogens is 334 g/mol. The molecule has 1 aromatic carbocycles. The molecule has 1 atom stereocenters. The number of carboxylic acids is 1. The number of carbonyl (C=O) groups is 2. The van der Waals surface area contributed by atoms with Crippen molar-refractivity contribution in [3.63, 3.8) is 0 Å². The minimum Gasteiger partial charge on any atom is -0.479 e. The number of rotatable bonds is 3. The first-order valence-corrected chi connectivity index (χ1v) is 7.10. The zero-order valence-electron chi connectivity index (χ0n) is 12.4. The second-order valence-electron chi connectivity index (χ2n) is 5.64. The van der Waals surface area contributed by atoms with Gasteiger partial charge < -0.3 is 15.1 Å². The first-order valence-electron chi connectivity index (χ1n) is 7.10. The highest BCUT2D eigenvalue weighted by Gasteiger charge is 2.41. The van der Waals surface area contributed by atoms with Gasteiger partial charge in [-0.05, 0) is 17.7 Å². The Bertz CT molecular complexity index is 621. The van der Waals surface area contributed by atoms with Crippen molar-refractivity contribution in [3.8, 4) is 0 Å². The number of alkyl halides is 4. The molecule has 24 heavy (non-hydrogen) atoms. The fourth-order valence-corrected chi connectivity index (χ4v) is 2.45. The number of aliphatic hydroxyl groups is 1. The topological polar surface area (TPSA) is 77.8 Å². The van der Waals surface area contributed by atoms with Crippen LogP contribution >= 0.6 is 0 Å². The zero-order valence-corrected chi connectivity index (χ0v) is 12.4. The van der Waals surface area contributed by atoms with Crippen LogP contribution in [0.2, 0.25) is 0 Å². The summed E-state index contributed by atoms with van der Waals surface area (Å²) >= 11 is 0. The van der Waals surface area contributed by atoms with Crippen molar-refractivity contribution >= 4 is 11.9 Å². The number of benzene rings is 1. The molecule has 0 aliphatic carbocycles. The summed E-state index contributed by atoms with van der Waals surface area (Å²) in [6, 6.07) is 3.16. The summed E-state index contributed by atoms with van der Waals surface area (Å²) < 4.78 is 51.6. The van der Waals surface area contributed by atoms with E-state index in [4.69, 9.17) is 5.11 Å². The number of carboxylic acid groups (broad SMARTS) is 1. The van der Waals surface area contributed by atoms with E-state index in [0.717, 1.165) is 17.0 Å². The number of amides is 1. The molecule has 1 heterocycles. The quantitative estimate of drug-likeness (QED) is 0.820. The predicted octanol–water partition coefficient (Wildman–Crippen LogP) is 2.15. The number of nitrogens with zero attached hydrogens (tertiary/aromatic N) is 1. The Morgan fingerprint density at radius 3 is 2.04 bits per heavy atom. The van der Waals surface area contributed by atoms with E-state index in [1.807, 2.05) is 0 Å². The second kappa shape index (κ2) is 6.39. The molecule has 1 aliphatic heterocycles. The molecule has 2 N–H and O–H groups in total. The van der Waals surface area contributed by atoms with Crippen molar-refractivity contribution in [1.29, 1.82) is 0 Å². The van der Waals surface area contributed by atoms with Crippen LogP contribution in [0.5, 0.6) is 0 Å². The third-order valence-corrected chi connectivity index (χ3v) is 4.05. The summed E-state index contributed by atoms with van der Waals surface area (Å²) in [6.07, 6.45) is -7.19. The molecule has 1 unspecified atom stereocenters. The molecule has 1 aliphatic rings. The molecule has 0 saturated carbocycles. The molecule has 5 nitrogen and oxygen atoms in total. The van der Waals surface area contributed by atoms with E-state index in [1.54, 1.807) is 0 Å². The van der Waals surface area contributed by atoms with Gasteiger partial charge in [0.25, 0.3) is 5.91 Å². The standard InChI is InChI=1S/C15H15F4NO4/c16-11(9-1-3-10(4-2-9)15(17,18)19)12(21)20-7-5-14(24,6-8-20)13(22)23/h1-4,11,24H,5-8H2,(H,22,23). The van der Waals surface area contributed by atoms with Gasteiger partial charge in [0, 0.05) is 25.9 Å². The van der Waals surface area contributed by atoms with Gasteiger partial charge in [-0.1, -0.05) is 12.1 Å². The third-order valence-electron chi connectivity index (χ3n) is 4.05. The van der Waals surface area contributed by atoms with E-state index >= 15 is 0 Å². The molecule has 1 saturated heterocycles. The van der Waals surface area contributed by atoms with Gasteiger partial charge in [-0.15, -0.1) is 0 Å². The van der Waals surface area contributed by atoms with Crippen LogP contribution in [0.25, 0.3) is 0 Å². The van der Waals surface area contributed by atoms with Crippen molar-refractivity contribution in [2.75, 3.05) is 13.1 Å². The number of likely N-dealkylation sites (tertiary alicyclic amines) is 1. The monoisotopic (exact) mass is 349 g/mol. The lowest BCUT2D eigenvalue weighted by Gasteiger charge is -2.35. The van der Waals surface area contributed by atoms with Gasteiger partial charge in [0.2, 0.25) is 6.17 Å². The van der Waals surface area contributed by atoms with E-state index in [1.165, 1.54) is 0 Å². The van der Waals surface area contributed by atoms with Gasteiger partial charge in [0.05, 0.1) is 5.56 Å². The Hall–Kier alpha value is -2.16. The number of carbonyl (C=O) groups excluding carboxylic acids is 1. The highest BCUT2D eigenvalue weighted by Crippen LogP contribution is 2.31. The van der Waals surface area contributed by atoms with E-state index in [9.17, 15) is 32.3 Å². The average molecular weight is 349 g/mol. The molecule has 0 radical (unpaired) electrons. The minimum atomic E-state index is -4.55. The van der Waals surface area contributed by atoms with Gasteiger partial charge in [0.15, 0.2) is 5.60 Å². The molecule has 1 aromatic rings. The SMILES string of the molecule is O=C(C(F)c1ccc(C(F)(F)F)cc1)N1CCC(O)(C(=O)O)CC1. The van der Waals surface area contributed by atoms with Crippen molar-refractivity contribution in [2.45, 2.75) is 30.8 Å². The number of hydrogen-bond donors (Lipinski definition) is 2. The van der Waals surface area contributed by atoms with Crippen LogP contribution in [0, 0.1) is 0 Å². The highest BCUT2D eigenvalue weighted by molar-refractivity contribution is 5.83. The average Bonchev–Trinajstić information content (AvgIpc) is 2.53. The molecule has 132 valence electrons. The van der Waals surface area contributed by atoms with Gasteiger partial charge in [-0.3, -0.25) is 4.79 Å². The van der Waals surface area contributed by atoms with Crippen molar-refractivity contribution in [2.24, 2.45) is 0 Å². The molecule has 0 aromatic heterocycles. The van der Waals surface area contributed by atoms with Crippen LogP contribution in [0.3, 0.4) is 0 Å². The Kier molecular flexibility index (Phi) is 4.84.